The van der Waals surface area contributed by atoms with Crippen molar-refractivity contribution in [3.05, 3.63) is 115 Å². The van der Waals surface area contributed by atoms with Gasteiger partial charge >= 0.3 is 0 Å². The molecule has 29 heavy (non-hydrogen) atoms. The van der Waals surface area contributed by atoms with Crippen LogP contribution in [-0.2, 0) is 0 Å². The van der Waals surface area contributed by atoms with E-state index in [1.54, 1.807) is 0 Å². The van der Waals surface area contributed by atoms with Crippen molar-refractivity contribution in [2.75, 3.05) is 0 Å². The van der Waals surface area contributed by atoms with Crippen molar-refractivity contribution in [2.24, 2.45) is 0 Å². The first kappa shape index (κ1) is 16.1. The Balaban J connectivity index is 1.70. The van der Waals surface area contributed by atoms with Gasteiger partial charge in [0.15, 0.2) is 0 Å². The summed E-state index contributed by atoms with van der Waals surface area (Å²) < 4.78 is 2.37. The number of benzene rings is 5. The van der Waals surface area contributed by atoms with Crippen LogP contribution in [0.4, 0.5) is 0 Å². The molecule has 6 aromatic rings. The van der Waals surface area contributed by atoms with Crippen molar-refractivity contribution in [3.63, 3.8) is 0 Å². The minimum absolute atomic E-state index is 1.19. The molecule has 1 heteroatoms. The molecule has 0 bridgehead atoms. The van der Waals surface area contributed by atoms with Gasteiger partial charge in [-0.3, -0.25) is 0 Å². The van der Waals surface area contributed by atoms with Crippen molar-refractivity contribution in [3.8, 4) is 16.8 Å². The van der Waals surface area contributed by atoms with Crippen LogP contribution in [0, 0.1) is 0 Å². The maximum absolute atomic E-state index is 2.37. The predicted molar refractivity (Wildman–Crippen MR) is 124 cm³/mol. The van der Waals surface area contributed by atoms with Gasteiger partial charge in [-0.15, -0.1) is 0 Å². The maximum atomic E-state index is 2.37. The third-order valence-corrected chi connectivity index (χ3v) is 5.77. The zero-order valence-corrected chi connectivity index (χ0v) is 15.9. The summed E-state index contributed by atoms with van der Waals surface area (Å²) >= 11 is 0. The molecule has 0 aliphatic rings. The van der Waals surface area contributed by atoms with Crippen LogP contribution >= 0.6 is 0 Å². The highest BCUT2D eigenvalue weighted by Gasteiger charge is 2.14. The molecule has 136 valence electrons. The van der Waals surface area contributed by atoms with E-state index in [2.05, 4.69) is 120 Å². The van der Waals surface area contributed by atoms with Gasteiger partial charge in [0.25, 0.3) is 0 Å². The number of aromatic nitrogens is 1. The first-order valence-corrected chi connectivity index (χ1v) is 9.97. The first-order chi connectivity index (χ1) is 14.4. The molecule has 5 aromatic carbocycles. The number of hydrogen-bond acceptors (Lipinski definition) is 0. The molecule has 0 radical (unpaired) electrons. The molecule has 1 aromatic heterocycles. The van der Waals surface area contributed by atoms with E-state index in [1.165, 1.54) is 49.4 Å². The monoisotopic (exact) mass is 369 g/mol. The zero-order chi connectivity index (χ0) is 19.2. The fraction of sp³-hybridized carbons (Fsp3) is 0. The van der Waals surface area contributed by atoms with E-state index in [4.69, 9.17) is 0 Å². The third-order valence-electron chi connectivity index (χ3n) is 5.77. The SMILES string of the molecule is c1ccc(-c2ccc3c(ccc4c3c3ccccc3n4-c3ccccc3)c2)cc1. The normalized spacial score (nSPS) is 11.4. The molecule has 0 unspecified atom stereocenters. The Labute approximate surface area is 169 Å². The van der Waals surface area contributed by atoms with Crippen molar-refractivity contribution in [1.82, 2.24) is 4.57 Å². The lowest BCUT2D eigenvalue weighted by Gasteiger charge is -2.09. The van der Waals surface area contributed by atoms with Gasteiger partial charge in [0.1, 0.15) is 0 Å². The standard InChI is InChI=1S/C28H19N/c1-3-9-20(10-4-1)21-15-17-24-22(19-21)16-18-27-28(24)25-13-7-8-14-26(25)29(27)23-11-5-2-6-12-23/h1-19H. The summed E-state index contributed by atoms with van der Waals surface area (Å²) in [6.07, 6.45) is 0. The molecule has 0 aliphatic heterocycles. The molecule has 1 nitrogen and oxygen atoms in total. The summed E-state index contributed by atoms with van der Waals surface area (Å²) in [5.41, 5.74) is 6.19. The first-order valence-electron chi connectivity index (χ1n) is 9.97. The average molecular weight is 369 g/mol. The Bertz CT molecular complexity index is 1480. The number of nitrogens with zero attached hydrogens (tertiary/aromatic N) is 1. The van der Waals surface area contributed by atoms with Crippen LogP contribution in [0.5, 0.6) is 0 Å². The highest BCUT2D eigenvalue weighted by Crippen LogP contribution is 2.37. The average Bonchev–Trinajstić information content (AvgIpc) is 3.14. The smallest absolute Gasteiger partial charge is 0.0547 e. The molecule has 0 atom stereocenters. The minimum atomic E-state index is 1.19. The van der Waals surface area contributed by atoms with Crippen LogP contribution in [0.15, 0.2) is 115 Å². The van der Waals surface area contributed by atoms with Crippen molar-refractivity contribution in [1.29, 1.82) is 0 Å². The Morgan fingerprint density at radius 1 is 0.448 bits per heavy atom. The van der Waals surface area contributed by atoms with Gasteiger partial charge < -0.3 is 4.57 Å². The molecular weight excluding hydrogens is 350 g/mol. The van der Waals surface area contributed by atoms with Gasteiger partial charge in [-0.2, -0.15) is 0 Å². The molecule has 0 fully saturated rings. The molecule has 0 aliphatic carbocycles. The van der Waals surface area contributed by atoms with E-state index >= 15 is 0 Å². The number of hydrogen-bond donors (Lipinski definition) is 0. The van der Waals surface area contributed by atoms with Gasteiger partial charge in [-0.25, -0.2) is 0 Å². The second kappa shape index (κ2) is 6.35. The van der Waals surface area contributed by atoms with Crippen LogP contribution < -0.4 is 0 Å². The molecule has 0 saturated carbocycles. The molecule has 0 spiro atoms. The number of rotatable bonds is 2. The van der Waals surface area contributed by atoms with E-state index in [1.807, 2.05) is 0 Å². The van der Waals surface area contributed by atoms with E-state index in [-0.39, 0.29) is 0 Å². The van der Waals surface area contributed by atoms with E-state index < -0.39 is 0 Å². The maximum Gasteiger partial charge on any atom is 0.0547 e. The lowest BCUT2D eigenvalue weighted by atomic mass is 9.98. The second-order valence-corrected chi connectivity index (χ2v) is 7.45. The fourth-order valence-corrected chi connectivity index (χ4v) is 4.46. The van der Waals surface area contributed by atoms with Crippen LogP contribution in [0.1, 0.15) is 0 Å². The van der Waals surface area contributed by atoms with Gasteiger partial charge in [-0.1, -0.05) is 84.9 Å². The Hall–Kier alpha value is -3.84. The Kier molecular flexibility index (Phi) is 3.54. The lowest BCUT2D eigenvalue weighted by molar-refractivity contribution is 1.18. The second-order valence-electron chi connectivity index (χ2n) is 7.45. The van der Waals surface area contributed by atoms with E-state index in [0.717, 1.165) is 0 Å². The molecule has 0 amide bonds. The molecule has 0 saturated heterocycles. The molecule has 1 heterocycles. The fourth-order valence-electron chi connectivity index (χ4n) is 4.46. The highest BCUT2D eigenvalue weighted by molar-refractivity contribution is 6.21. The van der Waals surface area contributed by atoms with Gasteiger partial charge in [0, 0.05) is 16.5 Å². The zero-order valence-electron chi connectivity index (χ0n) is 15.9. The van der Waals surface area contributed by atoms with Crippen LogP contribution in [0.3, 0.4) is 0 Å². The number of fused-ring (bicyclic) bond motifs is 5. The summed E-state index contributed by atoms with van der Waals surface area (Å²) in [6, 6.07) is 41.3. The largest absolute Gasteiger partial charge is 0.309 e. The van der Waals surface area contributed by atoms with Gasteiger partial charge in [-0.05, 0) is 52.2 Å². The third kappa shape index (κ3) is 2.48. The van der Waals surface area contributed by atoms with Crippen molar-refractivity contribution in [2.45, 2.75) is 0 Å². The minimum Gasteiger partial charge on any atom is -0.309 e. The molecular formula is C28H19N. The van der Waals surface area contributed by atoms with Crippen LogP contribution in [-0.4, -0.2) is 4.57 Å². The van der Waals surface area contributed by atoms with Crippen molar-refractivity contribution >= 4 is 32.6 Å². The molecule has 0 N–H and O–H groups in total. The Morgan fingerprint density at radius 2 is 1.17 bits per heavy atom. The Morgan fingerprint density at radius 3 is 2.00 bits per heavy atom. The van der Waals surface area contributed by atoms with Gasteiger partial charge in [0.05, 0.1) is 11.0 Å². The van der Waals surface area contributed by atoms with Gasteiger partial charge in [0.2, 0.25) is 0 Å². The highest BCUT2D eigenvalue weighted by atomic mass is 15.0. The van der Waals surface area contributed by atoms with E-state index in [9.17, 15) is 0 Å². The van der Waals surface area contributed by atoms with Crippen molar-refractivity contribution < 1.29 is 0 Å². The van der Waals surface area contributed by atoms with Crippen LogP contribution in [0.2, 0.25) is 0 Å². The quantitative estimate of drug-likeness (QED) is 0.296. The summed E-state index contributed by atoms with van der Waals surface area (Å²) in [4.78, 5) is 0. The summed E-state index contributed by atoms with van der Waals surface area (Å²) in [5, 5.41) is 5.19. The summed E-state index contributed by atoms with van der Waals surface area (Å²) in [7, 11) is 0. The van der Waals surface area contributed by atoms with E-state index in [0.29, 0.717) is 0 Å². The lowest BCUT2D eigenvalue weighted by Crippen LogP contribution is -1.92. The number of para-hydroxylation sites is 2. The summed E-state index contributed by atoms with van der Waals surface area (Å²) in [5.74, 6) is 0. The topological polar surface area (TPSA) is 4.93 Å². The predicted octanol–water partition coefficient (Wildman–Crippen LogP) is 7.60. The molecule has 6 rings (SSSR count). The summed E-state index contributed by atoms with van der Waals surface area (Å²) in [6.45, 7) is 0. The van der Waals surface area contributed by atoms with Crippen LogP contribution in [0.25, 0.3) is 49.4 Å².